The SMILES string of the molecule is FCC1CN(CCOc2ccccc2)C1.c1ccc(COc2ccc3c(c2)CCCO3)cc1.c1ccc(COc2ccccc2)cc1. The summed E-state index contributed by atoms with van der Waals surface area (Å²) in [6.07, 6.45) is 2.17. The fourth-order valence-corrected chi connectivity index (χ4v) is 5.19. The van der Waals surface area contributed by atoms with Gasteiger partial charge in [0.2, 0.25) is 0 Å². The van der Waals surface area contributed by atoms with Gasteiger partial charge in [-0.2, -0.15) is 0 Å². The minimum absolute atomic E-state index is 0.184. The second-order valence-electron chi connectivity index (χ2n) is 11.5. The number of ether oxygens (including phenoxy) is 4. The van der Waals surface area contributed by atoms with E-state index in [1.807, 2.05) is 109 Å². The number of halogens is 1. The van der Waals surface area contributed by atoms with Crippen LogP contribution in [0.5, 0.6) is 23.0 Å². The fraction of sp³-hybridized carbons (Fsp3) is 0.268. The standard InChI is InChI=1S/C16H16O2.C13H12O.C12H16FNO/c1-2-5-13(6-3-1)12-18-15-8-9-16-14(11-15)7-4-10-17-16;1-3-7-12(8-4-1)11-14-13-9-5-2-6-10-13;13-8-11-9-14(10-11)6-7-15-12-4-2-1-3-5-12/h1-3,5-6,8-9,11H,4,7,10,12H2;1-10H,11H2;1-5,11H,6-10H2. The highest BCUT2D eigenvalue weighted by atomic mass is 19.1. The summed E-state index contributed by atoms with van der Waals surface area (Å²) in [6.45, 7) is 5.23. The van der Waals surface area contributed by atoms with Crippen LogP contribution < -0.4 is 18.9 Å². The minimum atomic E-state index is -0.184. The van der Waals surface area contributed by atoms with E-state index in [0.29, 0.717) is 19.8 Å². The first-order valence-corrected chi connectivity index (χ1v) is 16.4. The number of aryl methyl sites for hydroxylation is 1. The van der Waals surface area contributed by atoms with Crippen molar-refractivity contribution in [2.75, 3.05) is 39.5 Å². The van der Waals surface area contributed by atoms with Crippen molar-refractivity contribution in [3.63, 3.8) is 0 Å². The molecule has 0 radical (unpaired) electrons. The zero-order valence-corrected chi connectivity index (χ0v) is 26.9. The van der Waals surface area contributed by atoms with Gasteiger partial charge < -0.3 is 18.9 Å². The zero-order chi connectivity index (χ0) is 32.4. The predicted molar refractivity (Wildman–Crippen MR) is 186 cm³/mol. The Bertz CT molecular complexity index is 1510. The number of rotatable bonds is 11. The summed E-state index contributed by atoms with van der Waals surface area (Å²) >= 11 is 0. The van der Waals surface area contributed by atoms with Gasteiger partial charge in [0.25, 0.3) is 0 Å². The van der Waals surface area contributed by atoms with Gasteiger partial charge in [0.05, 0.1) is 13.3 Å². The van der Waals surface area contributed by atoms with E-state index >= 15 is 0 Å². The molecule has 0 amide bonds. The van der Waals surface area contributed by atoms with Crippen LogP contribution in [0.3, 0.4) is 0 Å². The molecule has 0 saturated carbocycles. The third-order valence-corrected chi connectivity index (χ3v) is 7.79. The van der Waals surface area contributed by atoms with Gasteiger partial charge >= 0.3 is 0 Å². The first kappa shape index (κ1) is 33.6. The summed E-state index contributed by atoms with van der Waals surface area (Å²) in [6, 6.07) is 46.1. The molecular formula is C41H44FNO4. The smallest absolute Gasteiger partial charge is 0.122 e. The molecule has 5 nitrogen and oxygen atoms in total. The number of alkyl halides is 1. The molecule has 5 aromatic rings. The van der Waals surface area contributed by atoms with E-state index in [2.05, 4.69) is 35.2 Å². The summed E-state index contributed by atoms with van der Waals surface area (Å²) < 4.78 is 34.7. The van der Waals surface area contributed by atoms with Crippen LogP contribution in [0, 0.1) is 5.92 Å². The molecule has 0 aromatic heterocycles. The van der Waals surface area contributed by atoms with Gasteiger partial charge in [-0.3, -0.25) is 9.29 Å². The third-order valence-electron chi connectivity index (χ3n) is 7.79. The number of likely N-dealkylation sites (tertiary alicyclic amines) is 1. The second kappa shape index (κ2) is 19.0. The summed E-state index contributed by atoms with van der Waals surface area (Å²) in [5.41, 5.74) is 3.63. The molecule has 0 N–H and O–H groups in total. The molecule has 2 aliphatic heterocycles. The average Bonchev–Trinajstić information content (AvgIpc) is 3.13. The van der Waals surface area contributed by atoms with E-state index in [0.717, 1.165) is 62.1 Å². The van der Waals surface area contributed by atoms with E-state index in [1.165, 1.54) is 16.7 Å². The van der Waals surface area contributed by atoms with E-state index < -0.39 is 0 Å². The molecular weight excluding hydrogens is 589 g/mol. The molecule has 0 bridgehead atoms. The van der Waals surface area contributed by atoms with Crippen LogP contribution in [0.4, 0.5) is 4.39 Å². The molecule has 1 saturated heterocycles. The molecule has 1 fully saturated rings. The van der Waals surface area contributed by atoms with Crippen molar-refractivity contribution in [3.8, 4) is 23.0 Å². The monoisotopic (exact) mass is 633 g/mol. The molecule has 0 spiro atoms. The third kappa shape index (κ3) is 11.8. The molecule has 244 valence electrons. The normalized spacial score (nSPS) is 13.6. The van der Waals surface area contributed by atoms with E-state index in [9.17, 15) is 4.39 Å². The van der Waals surface area contributed by atoms with Gasteiger partial charge in [0, 0.05) is 25.6 Å². The van der Waals surface area contributed by atoms with Crippen LogP contribution in [-0.4, -0.2) is 44.4 Å². The van der Waals surface area contributed by atoms with Crippen molar-refractivity contribution in [1.29, 1.82) is 0 Å². The highest BCUT2D eigenvalue weighted by Gasteiger charge is 2.25. The molecule has 6 heteroatoms. The van der Waals surface area contributed by atoms with Gasteiger partial charge in [-0.05, 0) is 72.0 Å². The van der Waals surface area contributed by atoms with Crippen LogP contribution in [-0.2, 0) is 19.6 Å². The fourth-order valence-electron chi connectivity index (χ4n) is 5.19. The number of hydrogen-bond donors (Lipinski definition) is 0. The first-order chi connectivity index (χ1) is 23.2. The lowest BCUT2D eigenvalue weighted by atomic mass is 10.0. The van der Waals surface area contributed by atoms with Crippen molar-refractivity contribution in [1.82, 2.24) is 4.90 Å². The van der Waals surface area contributed by atoms with E-state index in [4.69, 9.17) is 18.9 Å². The lowest BCUT2D eigenvalue weighted by molar-refractivity contribution is 0.0668. The summed E-state index contributed by atoms with van der Waals surface area (Å²) in [4.78, 5) is 2.22. The van der Waals surface area contributed by atoms with Crippen molar-refractivity contribution in [2.45, 2.75) is 26.1 Å². The van der Waals surface area contributed by atoms with Gasteiger partial charge in [0.15, 0.2) is 0 Å². The maximum Gasteiger partial charge on any atom is 0.122 e. The van der Waals surface area contributed by atoms with Crippen molar-refractivity contribution in [3.05, 3.63) is 156 Å². The molecule has 0 atom stereocenters. The number of benzene rings is 5. The van der Waals surface area contributed by atoms with Crippen molar-refractivity contribution in [2.24, 2.45) is 5.92 Å². The Morgan fingerprint density at radius 2 is 1.15 bits per heavy atom. The summed E-state index contributed by atoms with van der Waals surface area (Å²) in [5, 5.41) is 0. The lowest BCUT2D eigenvalue weighted by Gasteiger charge is -2.37. The summed E-state index contributed by atoms with van der Waals surface area (Å²) in [7, 11) is 0. The molecule has 7 rings (SSSR count). The van der Waals surface area contributed by atoms with Crippen molar-refractivity contribution >= 4 is 0 Å². The van der Waals surface area contributed by atoms with Crippen LogP contribution >= 0.6 is 0 Å². The lowest BCUT2D eigenvalue weighted by Crippen LogP contribution is -2.49. The Kier molecular flexibility index (Phi) is 13.6. The van der Waals surface area contributed by atoms with Crippen LogP contribution in [0.1, 0.15) is 23.1 Å². The van der Waals surface area contributed by atoms with E-state index in [-0.39, 0.29) is 12.6 Å². The Morgan fingerprint density at radius 3 is 1.72 bits per heavy atom. The molecule has 0 aliphatic carbocycles. The minimum Gasteiger partial charge on any atom is -0.493 e. The zero-order valence-electron chi connectivity index (χ0n) is 26.9. The molecule has 2 aliphatic rings. The molecule has 5 aromatic carbocycles. The molecule has 47 heavy (non-hydrogen) atoms. The number of para-hydroxylation sites is 2. The largest absolute Gasteiger partial charge is 0.493 e. The maximum absolute atomic E-state index is 12.1. The Labute approximate surface area is 278 Å². The maximum atomic E-state index is 12.1. The topological polar surface area (TPSA) is 40.2 Å². The second-order valence-corrected chi connectivity index (χ2v) is 11.5. The van der Waals surface area contributed by atoms with Gasteiger partial charge in [-0.1, -0.05) is 97.1 Å². The highest BCUT2D eigenvalue weighted by molar-refractivity contribution is 5.41. The quantitative estimate of drug-likeness (QED) is 0.145. The van der Waals surface area contributed by atoms with Gasteiger partial charge in [-0.15, -0.1) is 0 Å². The molecule has 2 heterocycles. The first-order valence-electron chi connectivity index (χ1n) is 16.4. The van der Waals surface area contributed by atoms with Crippen LogP contribution in [0.2, 0.25) is 0 Å². The van der Waals surface area contributed by atoms with Gasteiger partial charge in [-0.25, -0.2) is 0 Å². The Balaban J connectivity index is 0.000000140. The molecule has 0 unspecified atom stereocenters. The van der Waals surface area contributed by atoms with Gasteiger partial charge in [0.1, 0.15) is 42.8 Å². The number of nitrogens with zero attached hydrogens (tertiary/aromatic N) is 1. The van der Waals surface area contributed by atoms with Crippen LogP contribution in [0.15, 0.2) is 140 Å². The number of fused-ring (bicyclic) bond motifs is 1. The summed E-state index contributed by atoms with van der Waals surface area (Å²) in [5.74, 6) is 4.01. The van der Waals surface area contributed by atoms with E-state index in [1.54, 1.807) is 0 Å². The number of hydrogen-bond acceptors (Lipinski definition) is 5. The Morgan fingerprint density at radius 1 is 0.617 bits per heavy atom. The average molecular weight is 634 g/mol. The highest BCUT2D eigenvalue weighted by Crippen LogP contribution is 2.29. The predicted octanol–water partition coefficient (Wildman–Crippen LogP) is 8.82. The van der Waals surface area contributed by atoms with Crippen molar-refractivity contribution < 1.29 is 23.3 Å². The Hall–Kier alpha value is -4.81. The van der Waals surface area contributed by atoms with Crippen LogP contribution in [0.25, 0.3) is 0 Å².